The van der Waals surface area contributed by atoms with Gasteiger partial charge in [0.1, 0.15) is 16.9 Å². The molecule has 2 heterocycles. The highest BCUT2D eigenvalue weighted by Crippen LogP contribution is 2.37. The molecule has 0 spiro atoms. The molecule has 2 aliphatic carbocycles. The second kappa shape index (κ2) is 10.7. The van der Waals surface area contributed by atoms with E-state index in [0.29, 0.717) is 31.3 Å². The molecule has 1 aliphatic heterocycles. The molecule has 0 radical (unpaired) electrons. The SMILES string of the molecule is COc1ccccc1Cn1cc(C(=O)NCCC2=CCCCC2)c(=O)c(C(=O)N2C[C@@H]3CC[C@H]2C3)c1. The Kier molecular flexibility index (Phi) is 7.25. The lowest BCUT2D eigenvalue weighted by Gasteiger charge is -2.27. The van der Waals surface area contributed by atoms with Gasteiger partial charge in [0, 0.05) is 37.1 Å². The summed E-state index contributed by atoms with van der Waals surface area (Å²) in [6.07, 6.45) is 13.9. The molecule has 1 saturated carbocycles. The number of methoxy groups -OCH3 is 1. The number of likely N-dealkylation sites (tertiary alicyclic amines) is 1. The highest BCUT2D eigenvalue weighted by molar-refractivity contribution is 5.99. The van der Waals surface area contributed by atoms with Gasteiger partial charge in [0.15, 0.2) is 0 Å². The Morgan fingerprint density at radius 2 is 1.94 bits per heavy atom. The van der Waals surface area contributed by atoms with Crippen LogP contribution in [0.3, 0.4) is 0 Å². The molecular weight excluding hydrogens is 454 g/mol. The smallest absolute Gasteiger partial charge is 0.259 e. The number of ether oxygens (including phenoxy) is 1. The summed E-state index contributed by atoms with van der Waals surface area (Å²) in [6, 6.07) is 7.83. The van der Waals surface area contributed by atoms with Gasteiger partial charge in [-0.05, 0) is 63.4 Å². The van der Waals surface area contributed by atoms with Crippen LogP contribution in [0.1, 0.15) is 77.6 Å². The van der Waals surface area contributed by atoms with Crippen LogP contribution in [-0.2, 0) is 6.54 Å². The van der Waals surface area contributed by atoms with Crippen LogP contribution >= 0.6 is 0 Å². The second-order valence-electron chi connectivity index (χ2n) is 10.3. The van der Waals surface area contributed by atoms with Gasteiger partial charge in [-0.3, -0.25) is 14.4 Å². The van der Waals surface area contributed by atoms with Crippen molar-refractivity contribution in [1.29, 1.82) is 0 Å². The fraction of sp³-hybridized carbons (Fsp3) is 0.483. The zero-order chi connectivity index (χ0) is 25.1. The van der Waals surface area contributed by atoms with E-state index in [-0.39, 0.29) is 23.1 Å². The molecule has 2 aromatic rings. The van der Waals surface area contributed by atoms with Crippen LogP contribution in [0.5, 0.6) is 5.75 Å². The summed E-state index contributed by atoms with van der Waals surface area (Å²) in [5.74, 6) is 0.550. The van der Waals surface area contributed by atoms with Gasteiger partial charge in [-0.25, -0.2) is 0 Å². The summed E-state index contributed by atoms with van der Waals surface area (Å²) in [7, 11) is 1.61. The first-order valence-electron chi connectivity index (χ1n) is 13.2. The quantitative estimate of drug-likeness (QED) is 0.565. The minimum atomic E-state index is -0.492. The van der Waals surface area contributed by atoms with Gasteiger partial charge in [0.05, 0.1) is 13.7 Å². The summed E-state index contributed by atoms with van der Waals surface area (Å²) < 4.78 is 7.25. The van der Waals surface area contributed by atoms with E-state index in [4.69, 9.17) is 4.74 Å². The molecule has 5 rings (SSSR count). The number of aromatic nitrogens is 1. The molecule has 2 atom stereocenters. The van der Waals surface area contributed by atoms with Gasteiger partial charge in [-0.2, -0.15) is 0 Å². The minimum absolute atomic E-state index is 0.0118. The van der Waals surface area contributed by atoms with Crippen molar-refractivity contribution in [3.63, 3.8) is 0 Å². The van der Waals surface area contributed by atoms with Crippen molar-refractivity contribution in [1.82, 2.24) is 14.8 Å². The topological polar surface area (TPSA) is 80.6 Å². The van der Waals surface area contributed by atoms with Crippen LogP contribution < -0.4 is 15.5 Å². The number of allylic oxidation sites excluding steroid dienone is 1. The van der Waals surface area contributed by atoms with E-state index in [1.165, 1.54) is 18.4 Å². The van der Waals surface area contributed by atoms with E-state index in [9.17, 15) is 14.4 Å². The van der Waals surface area contributed by atoms with Crippen LogP contribution in [0.15, 0.2) is 53.1 Å². The first-order chi connectivity index (χ1) is 17.5. The van der Waals surface area contributed by atoms with Gasteiger partial charge in [-0.15, -0.1) is 0 Å². The minimum Gasteiger partial charge on any atom is -0.496 e. The Balaban J connectivity index is 1.42. The van der Waals surface area contributed by atoms with Crippen molar-refractivity contribution in [3.05, 3.63) is 75.2 Å². The number of amides is 2. The molecule has 1 N–H and O–H groups in total. The maximum absolute atomic E-state index is 13.5. The third-order valence-corrected chi connectivity index (χ3v) is 7.89. The number of carbonyl (C=O) groups is 2. The summed E-state index contributed by atoms with van der Waals surface area (Å²) in [5, 5.41) is 2.92. The van der Waals surface area contributed by atoms with Crippen molar-refractivity contribution in [2.24, 2.45) is 5.92 Å². The number of hydrogen-bond donors (Lipinski definition) is 1. The standard InChI is InChI=1S/C29H35N3O4/c1-36-26-10-6-5-9-22(26)17-31-18-24(28(34)30-14-13-20-7-3-2-4-8-20)27(33)25(19-31)29(35)32-16-21-11-12-23(32)15-21/h5-7,9-10,18-19,21,23H,2-4,8,11-17H2,1H3,(H,30,34)/t21-,23+/m1/s1. The maximum Gasteiger partial charge on any atom is 0.259 e. The highest BCUT2D eigenvalue weighted by atomic mass is 16.5. The molecule has 2 amide bonds. The van der Waals surface area contributed by atoms with Crippen molar-refractivity contribution < 1.29 is 14.3 Å². The molecule has 3 aliphatic rings. The lowest BCUT2D eigenvalue weighted by atomic mass is 9.97. The van der Waals surface area contributed by atoms with E-state index in [1.807, 2.05) is 29.2 Å². The van der Waals surface area contributed by atoms with Gasteiger partial charge >= 0.3 is 0 Å². The fourth-order valence-electron chi connectivity index (χ4n) is 5.96. The number of rotatable bonds is 8. The molecule has 1 aromatic carbocycles. The number of piperidine rings is 1. The number of fused-ring (bicyclic) bond motifs is 2. The number of benzene rings is 1. The predicted molar refractivity (Wildman–Crippen MR) is 138 cm³/mol. The van der Waals surface area contributed by atoms with E-state index < -0.39 is 11.3 Å². The molecule has 36 heavy (non-hydrogen) atoms. The van der Waals surface area contributed by atoms with Crippen LogP contribution in [0, 0.1) is 5.92 Å². The molecule has 1 aromatic heterocycles. The van der Waals surface area contributed by atoms with E-state index >= 15 is 0 Å². The average Bonchev–Trinajstić information content (AvgIpc) is 3.54. The number of nitrogens with one attached hydrogen (secondary N) is 1. The summed E-state index contributed by atoms with van der Waals surface area (Å²) >= 11 is 0. The zero-order valence-corrected chi connectivity index (χ0v) is 21.0. The summed E-state index contributed by atoms with van der Waals surface area (Å²) in [6.45, 7) is 1.55. The van der Waals surface area contributed by atoms with Gasteiger partial charge in [-0.1, -0.05) is 29.8 Å². The van der Waals surface area contributed by atoms with Crippen molar-refractivity contribution >= 4 is 11.8 Å². The van der Waals surface area contributed by atoms with Gasteiger partial charge < -0.3 is 19.5 Å². The lowest BCUT2D eigenvalue weighted by molar-refractivity contribution is 0.0701. The van der Waals surface area contributed by atoms with E-state index in [0.717, 1.165) is 44.1 Å². The normalized spacial score (nSPS) is 20.8. The largest absolute Gasteiger partial charge is 0.496 e. The first-order valence-corrected chi connectivity index (χ1v) is 13.2. The van der Waals surface area contributed by atoms with E-state index in [1.54, 1.807) is 24.1 Å². The molecule has 7 heteroatoms. The first kappa shape index (κ1) is 24.3. The van der Waals surface area contributed by atoms with Crippen LogP contribution in [0.25, 0.3) is 0 Å². The van der Waals surface area contributed by atoms with Crippen LogP contribution in [0.2, 0.25) is 0 Å². The molecule has 2 bridgehead atoms. The Bertz CT molecular complexity index is 1230. The molecule has 0 unspecified atom stereocenters. The Morgan fingerprint density at radius 3 is 2.67 bits per heavy atom. The van der Waals surface area contributed by atoms with Crippen LogP contribution in [-0.4, -0.2) is 47.5 Å². The predicted octanol–water partition coefficient (Wildman–Crippen LogP) is 4.15. The number of para-hydroxylation sites is 1. The highest BCUT2D eigenvalue weighted by Gasteiger charge is 2.41. The monoisotopic (exact) mass is 489 g/mol. The fourth-order valence-corrected chi connectivity index (χ4v) is 5.96. The van der Waals surface area contributed by atoms with Gasteiger partial charge in [0.2, 0.25) is 5.43 Å². The number of nitrogens with zero attached hydrogens (tertiary/aromatic N) is 2. The van der Waals surface area contributed by atoms with Crippen molar-refractivity contribution in [3.8, 4) is 5.75 Å². The Hall–Kier alpha value is -3.35. The Morgan fingerprint density at radius 1 is 1.11 bits per heavy atom. The molecule has 1 saturated heterocycles. The number of carbonyl (C=O) groups excluding carboxylic acids is 2. The number of hydrogen-bond acceptors (Lipinski definition) is 4. The third-order valence-electron chi connectivity index (χ3n) is 7.89. The van der Waals surface area contributed by atoms with Crippen molar-refractivity contribution in [2.75, 3.05) is 20.2 Å². The lowest BCUT2D eigenvalue weighted by Crippen LogP contribution is -2.41. The zero-order valence-electron chi connectivity index (χ0n) is 21.0. The maximum atomic E-state index is 13.5. The summed E-state index contributed by atoms with van der Waals surface area (Å²) in [5.41, 5.74) is 1.85. The molecular formula is C29H35N3O4. The third kappa shape index (κ3) is 5.11. The molecule has 190 valence electrons. The average molecular weight is 490 g/mol. The van der Waals surface area contributed by atoms with Gasteiger partial charge in [0.25, 0.3) is 11.8 Å². The summed E-state index contributed by atoms with van der Waals surface area (Å²) in [4.78, 5) is 42.0. The second-order valence-corrected chi connectivity index (χ2v) is 10.3. The molecule has 2 fully saturated rings. The van der Waals surface area contributed by atoms with E-state index in [2.05, 4.69) is 11.4 Å². The molecule has 7 nitrogen and oxygen atoms in total. The number of pyridine rings is 1. The van der Waals surface area contributed by atoms with Crippen LogP contribution in [0.4, 0.5) is 0 Å². The Labute approximate surface area is 212 Å². The van der Waals surface area contributed by atoms with Crippen molar-refractivity contribution in [2.45, 2.75) is 64.0 Å².